The molecule has 0 aliphatic heterocycles. The van der Waals surface area contributed by atoms with Gasteiger partial charge in [0.1, 0.15) is 6.04 Å². The molecule has 3 amide bonds. The summed E-state index contributed by atoms with van der Waals surface area (Å²) >= 11 is 11.7. The number of amides is 3. The van der Waals surface area contributed by atoms with Gasteiger partial charge >= 0.3 is 12.0 Å². The largest absolute Gasteiger partial charge is 0.480 e. The van der Waals surface area contributed by atoms with Crippen molar-refractivity contribution in [2.75, 3.05) is 6.54 Å². The molecule has 5 N–H and O–H groups in total. The average molecular weight is 452 g/mol. The van der Waals surface area contributed by atoms with E-state index in [0.717, 1.165) is 0 Å². The molecule has 3 rings (SSSR count). The third kappa shape index (κ3) is 6.93. The lowest BCUT2D eigenvalue weighted by atomic mass is 9.92. The molecule has 0 heterocycles. The number of rotatable bonds is 5. The highest BCUT2D eigenvalue weighted by molar-refractivity contribution is 6.39. The lowest BCUT2D eigenvalue weighted by Gasteiger charge is -2.15. The molecule has 1 unspecified atom stereocenters. The van der Waals surface area contributed by atoms with Gasteiger partial charge in [0.05, 0.1) is 22.2 Å². The number of benzene rings is 2. The first kappa shape index (κ1) is 23.5. The number of fused-ring (bicyclic) bond motifs is 1. The highest BCUT2D eigenvalue weighted by Crippen LogP contribution is 2.24. The zero-order chi connectivity index (χ0) is 22.1. The van der Waals surface area contributed by atoms with E-state index in [1.54, 1.807) is 17.2 Å². The van der Waals surface area contributed by atoms with Gasteiger partial charge < -0.3 is 21.5 Å². The number of urea groups is 1. The van der Waals surface area contributed by atoms with Crippen molar-refractivity contribution in [2.45, 2.75) is 31.7 Å². The molecule has 1 atom stereocenters. The summed E-state index contributed by atoms with van der Waals surface area (Å²) in [4.78, 5) is 33.5. The summed E-state index contributed by atoms with van der Waals surface area (Å²) in [6, 6.07) is 11.0. The van der Waals surface area contributed by atoms with E-state index in [-0.39, 0.29) is 22.2 Å². The molecule has 0 saturated heterocycles. The number of aryl methyl sites for hydroxylation is 2. The zero-order valence-electron chi connectivity index (χ0n) is 16.2. The molecule has 2 aromatic carbocycles. The van der Waals surface area contributed by atoms with Gasteiger partial charge in [0, 0.05) is 0 Å². The summed E-state index contributed by atoms with van der Waals surface area (Å²) in [6.45, 7) is -0.363. The van der Waals surface area contributed by atoms with Gasteiger partial charge in [0.25, 0.3) is 5.91 Å². The van der Waals surface area contributed by atoms with Crippen molar-refractivity contribution in [1.82, 2.24) is 10.6 Å². The molecule has 30 heavy (non-hydrogen) atoms. The molecule has 0 bridgehead atoms. The number of hydrogen-bond donors (Lipinski definition) is 4. The van der Waals surface area contributed by atoms with Gasteiger partial charge in [-0.3, -0.25) is 4.79 Å². The molecule has 0 radical (unpaired) electrons. The van der Waals surface area contributed by atoms with E-state index in [1.165, 1.54) is 37.8 Å². The Morgan fingerprint density at radius 3 is 1.97 bits per heavy atom. The third-order valence-corrected chi connectivity index (χ3v) is 5.16. The second-order valence-electron chi connectivity index (χ2n) is 6.68. The number of nitrogens with one attached hydrogen (secondary N) is 2. The second-order valence-corrected chi connectivity index (χ2v) is 7.50. The third-order valence-electron chi connectivity index (χ3n) is 4.53. The normalized spacial score (nSPS) is 13.1. The van der Waals surface area contributed by atoms with Crippen LogP contribution >= 0.6 is 23.2 Å². The van der Waals surface area contributed by atoms with Crippen molar-refractivity contribution in [1.29, 1.82) is 0 Å². The zero-order valence-corrected chi connectivity index (χ0v) is 17.7. The van der Waals surface area contributed by atoms with E-state index in [4.69, 9.17) is 34.0 Å². The van der Waals surface area contributed by atoms with Crippen molar-refractivity contribution >= 4 is 41.1 Å². The Hall–Kier alpha value is -2.77. The van der Waals surface area contributed by atoms with Gasteiger partial charge in [-0.25, -0.2) is 9.59 Å². The number of halogens is 2. The first-order valence-electron chi connectivity index (χ1n) is 9.37. The summed E-state index contributed by atoms with van der Waals surface area (Å²) in [7, 11) is 0. The number of primary amides is 1. The smallest absolute Gasteiger partial charge is 0.328 e. The number of carboxylic acid groups (broad SMARTS) is 1. The quantitative estimate of drug-likeness (QED) is 0.556. The molecule has 9 heteroatoms. The number of aliphatic carboxylic acids is 1. The molecule has 0 saturated carbocycles. The number of carboxylic acids is 1. The van der Waals surface area contributed by atoms with Crippen LogP contribution in [-0.4, -0.2) is 35.6 Å². The highest BCUT2D eigenvalue weighted by Gasteiger charge is 2.23. The monoisotopic (exact) mass is 451 g/mol. The Morgan fingerprint density at radius 1 is 0.967 bits per heavy atom. The predicted octanol–water partition coefficient (Wildman–Crippen LogP) is 3.41. The van der Waals surface area contributed by atoms with Crippen molar-refractivity contribution in [3.05, 3.63) is 69.2 Å². The molecule has 160 valence electrons. The maximum atomic E-state index is 12.0. The fraction of sp³-hybridized carbons (Fsp3) is 0.286. The second kappa shape index (κ2) is 11.4. The first-order valence-corrected chi connectivity index (χ1v) is 10.1. The van der Waals surface area contributed by atoms with Crippen LogP contribution in [0.3, 0.4) is 0 Å². The van der Waals surface area contributed by atoms with Gasteiger partial charge in [-0.1, -0.05) is 53.5 Å². The van der Waals surface area contributed by atoms with Crippen molar-refractivity contribution < 1.29 is 19.5 Å². The van der Waals surface area contributed by atoms with Gasteiger partial charge in [-0.15, -0.1) is 0 Å². The SMILES string of the molecule is NC(=O)NCC(NC(=O)c1c(Cl)cccc1Cl)C(=O)O.c1ccc2c(c1)CCCC2. The summed E-state index contributed by atoms with van der Waals surface area (Å²) in [6.07, 6.45) is 5.38. The number of carbonyl (C=O) groups excluding carboxylic acids is 2. The minimum Gasteiger partial charge on any atom is -0.480 e. The van der Waals surface area contributed by atoms with Gasteiger partial charge in [-0.2, -0.15) is 0 Å². The Morgan fingerprint density at radius 2 is 1.50 bits per heavy atom. The lowest BCUT2D eigenvalue weighted by molar-refractivity contribution is -0.139. The molecule has 1 aliphatic rings. The fourth-order valence-corrected chi connectivity index (χ4v) is 3.59. The minimum atomic E-state index is -1.36. The van der Waals surface area contributed by atoms with Crippen LogP contribution in [0.5, 0.6) is 0 Å². The molecule has 7 nitrogen and oxygen atoms in total. The molecule has 0 aromatic heterocycles. The van der Waals surface area contributed by atoms with Crippen molar-refractivity contribution in [2.24, 2.45) is 5.73 Å². The number of hydrogen-bond acceptors (Lipinski definition) is 3. The Labute approximate surface area is 184 Å². The maximum absolute atomic E-state index is 12.0. The number of nitrogens with two attached hydrogens (primary N) is 1. The van der Waals surface area contributed by atoms with E-state index in [9.17, 15) is 14.4 Å². The standard InChI is InChI=1S/C11H11Cl2N3O4.C10H12/c12-5-2-1-3-6(13)8(5)9(17)16-7(10(18)19)4-15-11(14)20;1-2-6-10-8-4-3-7-9(10)5-1/h1-3,7H,4H2,(H,16,17)(H,18,19)(H3,14,15,20);1-2,5-6H,3-4,7-8H2. The highest BCUT2D eigenvalue weighted by atomic mass is 35.5. The lowest BCUT2D eigenvalue weighted by Crippen LogP contribution is -2.49. The molecule has 2 aromatic rings. The van der Waals surface area contributed by atoms with Crippen LogP contribution < -0.4 is 16.4 Å². The molecule has 1 aliphatic carbocycles. The summed E-state index contributed by atoms with van der Waals surface area (Å²) in [5.41, 5.74) is 7.95. The summed E-state index contributed by atoms with van der Waals surface area (Å²) in [5.74, 6) is -2.10. The Kier molecular flexibility index (Phi) is 8.95. The molecule has 0 fully saturated rings. The van der Waals surface area contributed by atoms with Gasteiger partial charge in [-0.05, 0) is 48.9 Å². The topological polar surface area (TPSA) is 122 Å². The van der Waals surface area contributed by atoms with Crippen molar-refractivity contribution in [3.63, 3.8) is 0 Å². The van der Waals surface area contributed by atoms with E-state index in [1.807, 2.05) is 0 Å². The van der Waals surface area contributed by atoms with Crippen LogP contribution in [0.25, 0.3) is 0 Å². The van der Waals surface area contributed by atoms with Crippen LogP contribution in [0.15, 0.2) is 42.5 Å². The Bertz CT molecular complexity index is 876. The summed E-state index contributed by atoms with van der Waals surface area (Å²) < 4.78 is 0. The first-order chi connectivity index (χ1) is 14.3. The predicted molar refractivity (Wildman–Crippen MR) is 116 cm³/mol. The van der Waals surface area contributed by atoms with Gasteiger partial charge in [0.2, 0.25) is 0 Å². The number of carbonyl (C=O) groups is 3. The average Bonchev–Trinajstić information content (AvgIpc) is 2.71. The van der Waals surface area contributed by atoms with E-state index in [2.05, 4.69) is 34.9 Å². The molecular weight excluding hydrogens is 429 g/mol. The van der Waals surface area contributed by atoms with E-state index < -0.39 is 23.9 Å². The van der Waals surface area contributed by atoms with E-state index >= 15 is 0 Å². The van der Waals surface area contributed by atoms with E-state index in [0.29, 0.717) is 0 Å². The van der Waals surface area contributed by atoms with Crippen LogP contribution in [0.1, 0.15) is 34.3 Å². The Balaban J connectivity index is 0.000000263. The van der Waals surface area contributed by atoms with Gasteiger partial charge in [0.15, 0.2) is 0 Å². The fourth-order valence-electron chi connectivity index (χ4n) is 3.02. The molecular formula is C21H23Cl2N3O4. The van der Waals surface area contributed by atoms with Crippen molar-refractivity contribution in [3.8, 4) is 0 Å². The minimum absolute atomic E-state index is 0.0406. The summed E-state index contributed by atoms with van der Waals surface area (Å²) in [5, 5.41) is 13.4. The van der Waals surface area contributed by atoms with Crippen LogP contribution in [0.2, 0.25) is 10.0 Å². The van der Waals surface area contributed by atoms with Crippen LogP contribution in [0.4, 0.5) is 4.79 Å². The van der Waals surface area contributed by atoms with Crippen LogP contribution in [0, 0.1) is 0 Å². The van der Waals surface area contributed by atoms with Crippen LogP contribution in [-0.2, 0) is 17.6 Å². The maximum Gasteiger partial charge on any atom is 0.328 e. The molecule has 0 spiro atoms.